The van der Waals surface area contributed by atoms with Gasteiger partial charge in [0.1, 0.15) is 7.85 Å². The molecule has 1 heteroatoms. The summed E-state index contributed by atoms with van der Waals surface area (Å²) in [7, 11) is 2.16. The van der Waals surface area contributed by atoms with Crippen LogP contribution in [0.1, 0.15) is 6.92 Å². The molecule has 2 aliphatic carbocycles. The second kappa shape index (κ2) is 2.82. The molecular weight excluding hydrogens is 143 g/mol. The minimum absolute atomic E-state index is 0.610. The van der Waals surface area contributed by atoms with Crippen molar-refractivity contribution in [3.05, 3.63) is 47.5 Å². The quantitative estimate of drug-likeness (QED) is 0.469. The van der Waals surface area contributed by atoms with E-state index in [9.17, 15) is 0 Å². The lowest BCUT2D eigenvalue weighted by Crippen LogP contribution is -2.12. The van der Waals surface area contributed by atoms with E-state index in [0.717, 1.165) is 0 Å². The van der Waals surface area contributed by atoms with Crippen LogP contribution in [-0.2, 0) is 0 Å². The summed E-state index contributed by atoms with van der Waals surface area (Å²) in [6.45, 7) is 2.16. The Bertz CT molecular complexity index is 273. The maximum Gasteiger partial charge on any atom is 0.138 e. The van der Waals surface area contributed by atoms with Crippen LogP contribution in [0.4, 0.5) is 0 Å². The van der Waals surface area contributed by atoms with E-state index < -0.39 is 0 Å². The van der Waals surface area contributed by atoms with E-state index >= 15 is 0 Å². The second-order valence-corrected chi connectivity index (χ2v) is 3.69. The minimum Gasteiger partial charge on any atom is -0.0925 e. The van der Waals surface area contributed by atoms with Crippen molar-refractivity contribution in [2.24, 2.45) is 11.8 Å². The first-order valence-corrected chi connectivity index (χ1v) is 4.49. The molecule has 2 aliphatic rings. The maximum absolute atomic E-state index is 2.34. The molecule has 0 N–H and O–H groups in total. The van der Waals surface area contributed by atoms with Gasteiger partial charge in [-0.25, -0.2) is 0 Å². The fraction of sp³-hybridized carbons (Fsp3) is 0.273. The van der Waals surface area contributed by atoms with Gasteiger partial charge in [0, 0.05) is 11.8 Å². The van der Waals surface area contributed by atoms with Crippen LogP contribution >= 0.6 is 0 Å². The van der Waals surface area contributed by atoms with Gasteiger partial charge in [0.2, 0.25) is 0 Å². The van der Waals surface area contributed by atoms with Gasteiger partial charge in [0.05, 0.1) is 0 Å². The summed E-state index contributed by atoms with van der Waals surface area (Å²) in [6.07, 6.45) is 13.7. The number of hydrogen-bond acceptors (Lipinski definition) is 0. The van der Waals surface area contributed by atoms with Crippen LogP contribution in [0, 0.1) is 11.8 Å². The highest BCUT2D eigenvalue weighted by molar-refractivity contribution is 6.23. The molecule has 0 bridgehead atoms. The average molecular weight is 156 g/mol. The summed E-state index contributed by atoms with van der Waals surface area (Å²) in [4.78, 5) is 0. The van der Waals surface area contributed by atoms with Gasteiger partial charge in [0.15, 0.2) is 0 Å². The van der Waals surface area contributed by atoms with Crippen molar-refractivity contribution in [1.82, 2.24) is 0 Å². The van der Waals surface area contributed by atoms with Crippen molar-refractivity contribution in [2.75, 3.05) is 0 Å². The summed E-state index contributed by atoms with van der Waals surface area (Å²) in [5.41, 5.74) is 2.77. The third kappa shape index (κ3) is 1.31. The van der Waals surface area contributed by atoms with Crippen LogP contribution in [0.2, 0.25) is 0 Å². The molecule has 0 spiro atoms. The Labute approximate surface area is 74.8 Å². The Morgan fingerprint density at radius 1 is 1.08 bits per heavy atom. The van der Waals surface area contributed by atoms with Crippen molar-refractivity contribution in [1.29, 1.82) is 0 Å². The molecule has 0 aromatic rings. The predicted molar refractivity (Wildman–Crippen MR) is 55.6 cm³/mol. The molecule has 0 aromatic carbocycles. The van der Waals surface area contributed by atoms with E-state index in [-0.39, 0.29) is 0 Å². The third-order valence-electron chi connectivity index (χ3n) is 2.52. The Kier molecular flexibility index (Phi) is 1.80. The SMILES string of the molecule is BC1=C[C@H]2C=CC(C)=CC2C=C1. The van der Waals surface area contributed by atoms with Crippen LogP contribution in [0.5, 0.6) is 0 Å². The Hall–Kier alpha value is -0.975. The van der Waals surface area contributed by atoms with Gasteiger partial charge >= 0.3 is 0 Å². The fourth-order valence-corrected chi connectivity index (χ4v) is 1.83. The van der Waals surface area contributed by atoms with Gasteiger partial charge in [0.25, 0.3) is 0 Å². The van der Waals surface area contributed by atoms with Gasteiger partial charge in [-0.3, -0.25) is 0 Å². The molecule has 2 atom stereocenters. The van der Waals surface area contributed by atoms with Crippen LogP contribution in [0.3, 0.4) is 0 Å². The summed E-state index contributed by atoms with van der Waals surface area (Å²) in [5.74, 6) is 1.22. The number of rotatable bonds is 0. The summed E-state index contributed by atoms with van der Waals surface area (Å²) >= 11 is 0. The normalized spacial score (nSPS) is 32.4. The minimum atomic E-state index is 0.610. The first kappa shape index (κ1) is 7.66. The molecule has 0 heterocycles. The van der Waals surface area contributed by atoms with E-state index in [0.29, 0.717) is 11.8 Å². The van der Waals surface area contributed by atoms with Crippen molar-refractivity contribution in [3.8, 4) is 0 Å². The summed E-state index contributed by atoms with van der Waals surface area (Å²) < 4.78 is 0. The average Bonchev–Trinajstić information content (AvgIpc) is 2.05. The second-order valence-electron chi connectivity index (χ2n) is 3.69. The molecule has 1 unspecified atom stereocenters. The molecule has 0 nitrogen and oxygen atoms in total. The summed E-state index contributed by atoms with van der Waals surface area (Å²) in [5, 5.41) is 0. The molecular formula is C11H13B. The lowest BCUT2D eigenvalue weighted by atomic mass is 9.77. The zero-order valence-electron chi connectivity index (χ0n) is 7.62. The Morgan fingerprint density at radius 2 is 1.75 bits per heavy atom. The zero-order valence-corrected chi connectivity index (χ0v) is 7.62. The molecule has 0 aliphatic heterocycles. The lowest BCUT2D eigenvalue weighted by Gasteiger charge is -2.23. The lowest BCUT2D eigenvalue weighted by molar-refractivity contribution is 0.653. The highest BCUT2D eigenvalue weighted by Crippen LogP contribution is 2.29. The topological polar surface area (TPSA) is 0 Å². The molecule has 0 saturated heterocycles. The fourth-order valence-electron chi connectivity index (χ4n) is 1.83. The van der Waals surface area contributed by atoms with Gasteiger partial charge in [-0.1, -0.05) is 47.5 Å². The third-order valence-corrected chi connectivity index (χ3v) is 2.52. The molecule has 0 saturated carbocycles. The van der Waals surface area contributed by atoms with E-state index in [2.05, 4.69) is 51.2 Å². The number of fused-ring (bicyclic) bond motifs is 1. The van der Waals surface area contributed by atoms with E-state index in [1.165, 1.54) is 11.0 Å². The van der Waals surface area contributed by atoms with Crippen molar-refractivity contribution >= 4 is 7.85 Å². The highest BCUT2D eigenvalue weighted by atomic mass is 14.2. The van der Waals surface area contributed by atoms with Crippen molar-refractivity contribution in [2.45, 2.75) is 6.92 Å². The molecule has 0 fully saturated rings. The zero-order chi connectivity index (χ0) is 8.55. The smallest absolute Gasteiger partial charge is 0.0925 e. The van der Waals surface area contributed by atoms with Gasteiger partial charge in [-0.2, -0.15) is 0 Å². The van der Waals surface area contributed by atoms with Crippen LogP contribution in [-0.4, -0.2) is 7.85 Å². The monoisotopic (exact) mass is 156 g/mol. The maximum atomic E-state index is 2.34. The Morgan fingerprint density at radius 3 is 2.58 bits per heavy atom. The van der Waals surface area contributed by atoms with Crippen LogP contribution in [0.25, 0.3) is 0 Å². The molecule has 0 amide bonds. The van der Waals surface area contributed by atoms with E-state index in [1.54, 1.807) is 0 Å². The standard InChI is InChI=1S/C11H13B/c1-8-2-3-10-7-11(12)5-4-9(10)6-8/h2-7,9-10H,12H2,1H3/t9?,10-/m1/s1. The molecule has 0 aromatic heterocycles. The molecule has 60 valence electrons. The molecule has 2 rings (SSSR count). The number of allylic oxidation sites excluding steroid dienone is 8. The molecule has 12 heavy (non-hydrogen) atoms. The van der Waals surface area contributed by atoms with Gasteiger partial charge in [-0.15, -0.1) is 0 Å². The largest absolute Gasteiger partial charge is 0.138 e. The predicted octanol–water partition coefficient (Wildman–Crippen LogP) is 1.82. The van der Waals surface area contributed by atoms with Crippen LogP contribution in [0.15, 0.2) is 47.5 Å². The van der Waals surface area contributed by atoms with Crippen molar-refractivity contribution in [3.63, 3.8) is 0 Å². The van der Waals surface area contributed by atoms with Crippen molar-refractivity contribution < 1.29 is 0 Å². The van der Waals surface area contributed by atoms with Gasteiger partial charge < -0.3 is 0 Å². The van der Waals surface area contributed by atoms with Crippen LogP contribution < -0.4 is 0 Å². The van der Waals surface area contributed by atoms with Gasteiger partial charge in [-0.05, 0) is 6.92 Å². The Balaban J connectivity index is 2.29. The number of hydrogen-bond donors (Lipinski definition) is 0. The molecule has 0 radical (unpaired) electrons. The highest BCUT2D eigenvalue weighted by Gasteiger charge is 2.17. The van der Waals surface area contributed by atoms with E-state index in [4.69, 9.17) is 0 Å². The summed E-state index contributed by atoms with van der Waals surface area (Å²) in [6, 6.07) is 0. The first-order chi connectivity index (χ1) is 5.75. The van der Waals surface area contributed by atoms with E-state index in [1.807, 2.05) is 0 Å². The first-order valence-electron chi connectivity index (χ1n) is 4.49.